The number of benzene rings is 1. The van der Waals surface area contributed by atoms with Crippen molar-refractivity contribution in [2.75, 3.05) is 6.54 Å². The standard InChI is InChI=1S/C22H18ClN3O2S/c23-14-1-2-15(25-11-14)13-28-17-6-8-26(22(27)10-17)16-3-4-18-19-5-7-24-12-21(19)29-20(18)9-16/h1-4,6,8-11,24H,5,7,12-13H2. The maximum absolute atomic E-state index is 12.7. The number of nitrogens with one attached hydrogen (secondary N) is 1. The topological polar surface area (TPSA) is 56.1 Å². The second kappa shape index (κ2) is 7.63. The predicted molar refractivity (Wildman–Crippen MR) is 116 cm³/mol. The number of rotatable bonds is 4. The molecule has 1 aliphatic heterocycles. The van der Waals surface area contributed by atoms with E-state index < -0.39 is 0 Å². The van der Waals surface area contributed by atoms with E-state index in [9.17, 15) is 4.79 Å². The second-order valence-corrected chi connectivity index (χ2v) is 8.51. The first-order valence-electron chi connectivity index (χ1n) is 9.39. The summed E-state index contributed by atoms with van der Waals surface area (Å²) in [5.41, 5.74) is 2.93. The van der Waals surface area contributed by atoms with Gasteiger partial charge in [-0.15, -0.1) is 11.3 Å². The van der Waals surface area contributed by atoms with Gasteiger partial charge in [-0.1, -0.05) is 17.7 Å². The molecule has 5 nitrogen and oxygen atoms in total. The van der Waals surface area contributed by atoms with Crippen LogP contribution in [0.4, 0.5) is 0 Å². The van der Waals surface area contributed by atoms with Crippen LogP contribution < -0.4 is 15.6 Å². The molecule has 7 heteroatoms. The molecule has 1 N–H and O–H groups in total. The zero-order valence-corrected chi connectivity index (χ0v) is 17.1. The van der Waals surface area contributed by atoms with Crippen LogP contribution in [0.15, 0.2) is 59.7 Å². The minimum Gasteiger partial charge on any atom is -0.487 e. The molecule has 146 valence electrons. The van der Waals surface area contributed by atoms with Crippen LogP contribution in [0.3, 0.4) is 0 Å². The number of hydrogen-bond acceptors (Lipinski definition) is 5. The lowest BCUT2D eigenvalue weighted by atomic mass is 10.0. The predicted octanol–water partition coefficient (Wildman–Crippen LogP) is 4.33. The molecule has 0 fully saturated rings. The van der Waals surface area contributed by atoms with Crippen LogP contribution in [0.25, 0.3) is 15.8 Å². The van der Waals surface area contributed by atoms with Gasteiger partial charge >= 0.3 is 0 Å². The molecule has 5 rings (SSSR count). The molecule has 3 aromatic heterocycles. The SMILES string of the molecule is O=c1cc(OCc2ccc(Cl)cn2)ccn1-c1ccc2c3c(sc2c1)CNCC3. The Kier molecular flexibility index (Phi) is 4.83. The summed E-state index contributed by atoms with van der Waals surface area (Å²) in [4.78, 5) is 18.3. The van der Waals surface area contributed by atoms with Crippen LogP contribution in [0.2, 0.25) is 5.02 Å². The third-order valence-corrected chi connectivity index (χ3v) is 6.46. The molecule has 0 saturated carbocycles. The molecular formula is C22H18ClN3O2S. The number of halogens is 1. The molecule has 0 spiro atoms. The molecule has 0 amide bonds. The van der Waals surface area contributed by atoms with Crippen molar-refractivity contribution in [3.8, 4) is 11.4 Å². The van der Waals surface area contributed by atoms with Crippen molar-refractivity contribution in [2.24, 2.45) is 0 Å². The molecule has 0 radical (unpaired) electrons. The molecule has 0 atom stereocenters. The van der Waals surface area contributed by atoms with Crippen molar-refractivity contribution in [1.82, 2.24) is 14.9 Å². The van der Waals surface area contributed by atoms with Crippen LogP contribution in [-0.4, -0.2) is 16.1 Å². The van der Waals surface area contributed by atoms with E-state index in [0.717, 1.165) is 30.9 Å². The Morgan fingerprint density at radius 3 is 2.97 bits per heavy atom. The Morgan fingerprint density at radius 2 is 2.14 bits per heavy atom. The number of hydrogen-bond donors (Lipinski definition) is 1. The number of pyridine rings is 2. The van der Waals surface area contributed by atoms with E-state index in [2.05, 4.69) is 22.4 Å². The number of ether oxygens (including phenoxy) is 1. The lowest BCUT2D eigenvalue weighted by molar-refractivity contribution is 0.300. The number of fused-ring (bicyclic) bond motifs is 3. The molecule has 4 heterocycles. The molecular weight excluding hydrogens is 406 g/mol. The molecule has 0 aliphatic carbocycles. The van der Waals surface area contributed by atoms with Gasteiger partial charge in [0.05, 0.1) is 16.4 Å². The van der Waals surface area contributed by atoms with Crippen LogP contribution in [-0.2, 0) is 19.6 Å². The lowest BCUT2D eigenvalue weighted by Crippen LogP contribution is -2.21. The first-order chi connectivity index (χ1) is 14.2. The fourth-order valence-electron chi connectivity index (χ4n) is 3.58. The van der Waals surface area contributed by atoms with E-state index >= 15 is 0 Å². The Morgan fingerprint density at radius 1 is 1.21 bits per heavy atom. The summed E-state index contributed by atoms with van der Waals surface area (Å²) in [5, 5.41) is 5.30. The van der Waals surface area contributed by atoms with E-state index in [0.29, 0.717) is 10.8 Å². The van der Waals surface area contributed by atoms with Crippen LogP contribution in [0.1, 0.15) is 16.1 Å². The van der Waals surface area contributed by atoms with Gasteiger partial charge in [-0.25, -0.2) is 0 Å². The van der Waals surface area contributed by atoms with Crippen LogP contribution in [0.5, 0.6) is 5.75 Å². The summed E-state index contributed by atoms with van der Waals surface area (Å²) < 4.78 is 8.57. The highest BCUT2D eigenvalue weighted by Gasteiger charge is 2.16. The average Bonchev–Trinajstić information content (AvgIpc) is 3.11. The zero-order valence-electron chi connectivity index (χ0n) is 15.5. The van der Waals surface area contributed by atoms with Gasteiger partial charge in [-0.3, -0.25) is 14.3 Å². The summed E-state index contributed by atoms with van der Waals surface area (Å²) in [6, 6.07) is 13.1. The largest absolute Gasteiger partial charge is 0.487 e. The average molecular weight is 424 g/mol. The highest BCUT2D eigenvalue weighted by atomic mass is 35.5. The van der Waals surface area contributed by atoms with Gasteiger partial charge in [-0.2, -0.15) is 0 Å². The Balaban J connectivity index is 1.39. The molecule has 0 unspecified atom stereocenters. The maximum atomic E-state index is 12.7. The van der Waals surface area contributed by atoms with Crippen molar-refractivity contribution in [3.63, 3.8) is 0 Å². The van der Waals surface area contributed by atoms with Gasteiger partial charge in [0.1, 0.15) is 12.4 Å². The number of aromatic nitrogens is 2. The van der Waals surface area contributed by atoms with Gasteiger partial charge < -0.3 is 10.1 Å². The fourth-order valence-corrected chi connectivity index (χ4v) is 4.95. The van der Waals surface area contributed by atoms with Gasteiger partial charge in [0.15, 0.2) is 0 Å². The molecule has 1 aromatic carbocycles. The Labute approximate surface area is 176 Å². The highest BCUT2D eigenvalue weighted by molar-refractivity contribution is 7.19. The summed E-state index contributed by atoms with van der Waals surface area (Å²) >= 11 is 7.65. The van der Waals surface area contributed by atoms with Crippen molar-refractivity contribution in [3.05, 3.63) is 86.4 Å². The Bertz CT molecular complexity index is 1250. The maximum Gasteiger partial charge on any atom is 0.258 e. The van der Waals surface area contributed by atoms with E-state index in [1.54, 1.807) is 46.5 Å². The minimum atomic E-state index is -0.131. The molecule has 0 saturated heterocycles. The highest BCUT2D eigenvalue weighted by Crippen LogP contribution is 2.34. The van der Waals surface area contributed by atoms with E-state index in [4.69, 9.17) is 16.3 Å². The smallest absolute Gasteiger partial charge is 0.258 e. The van der Waals surface area contributed by atoms with Gasteiger partial charge in [0.2, 0.25) is 0 Å². The van der Waals surface area contributed by atoms with Crippen molar-refractivity contribution >= 4 is 33.0 Å². The van der Waals surface area contributed by atoms with Crippen molar-refractivity contribution in [1.29, 1.82) is 0 Å². The summed E-state index contributed by atoms with van der Waals surface area (Å²) in [7, 11) is 0. The first kappa shape index (κ1) is 18.4. The van der Waals surface area contributed by atoms with Crippen LogP contribution in [0, 0.1) is 0 Å². The molecule has 4 aromatic rings. The number of thiophene rings is 1. The number of nitrogens with zero attached hydrogens (tertiary/aromatic N) is 2. The van der Waals surface area contributed by atoms with Crippen molar-refractivity contribution in [2.45, 2.75) is 19.6 Å². The third kappa shape index (κ3) is 3.67. The van der Waals surface area contributed by atoms with Crippen LogP contribution >= 0.6 is 22.9 Å². The fraction of sp³-hybridized carbons (Fsp3) is 0.182. The summed E-state index contributed by atoms with van der Waals surface area (Å²) in [6.07, 6.45) is 4.39. The third-order valence-electron chi connectivity index (χ3n) is 5.04. The van der Waals surface area contributed by atoms with E-state index in [1.165, 1.54) is 26.6 Å². The van der Waals surface area contributed by atoms with Gasteiger partial charge in [0, 0.05) is 34.6 Å². The monoisotopic (exact) mass is 423 g/mol. The lowest BCUT2D eigenvalue weighted by Gasteiger charge is -2.12. The zero-order chi connectivity index (χ0) is 19.8. The van der Waals surface area contributed by atoms with Gasteiger partial charge in [0.25, 0.3) is 5.56 Å². The van der Waals surface area contributed by atoms with Gasteiger partial charge in [-0.05, 0) is 54.2 Å². The normalized spacial score (nSPS) is 13.4. The molecule has 1 aliphatic rings. The molecule has 0 bridgehead atoms. The first-order valence-corrected chi connectivity index (χ1v) is 10.6. The quantitative estimate of drug-likeness (QED) is 0.531. The Hall–Kier alpha value is -2.67. The summed E-state index contributed by atoms with van der Waals surface area (Å²) in [6.45, 7) is 2.23. The van der Waals surface area contributed by atoms with E-state index in [-0.39, 0.29) is 12.2 Å². The van der Waals surface area contributed by atoms with Crippen molar-refractivity contribution < 1.29 is 4.74 Å². The second-order valence-electron chi connectivity index (χ2n) is 6.94. The summed E-state index contributed by atoms with van der Waals surface area (Å²) in [5.74, 6) is 0.516. The van der Waals surface area contributed by atoms with E-state index in [1.807, 2.05) is 6.07 Å². The molecule has 29 heavy (non-hydrogen) atoms. The minimum absolute atomic E-state index is 0.131.